The van der Waals surface area contributed by atoms with E-state index >= 15 is 0 Å². The number of aliphatic hydroxyl groups is 1. The van der Waals surface area contributed by atoms with Crippen molar-refractivity contribution >= 4 is 11.3 Å². The van der Waals surface area contributed by atoms with Crippen molar-refractivity contribution in [1.29, 1.82) is 0 Å². The summed E-state index contributed by atoms with van der Waals surface area (Å²) in [6.45, 7) is 4.57. The summed E-state index contributed by atoms with van der Waals surface area (Å²) >= 11 is 1.61. The van der Waals surface area contributed by atoms with E-state index in [1.807, 2.05) is 59.5 Å². The minimum absolute atomic E-state index is 0.0307. The normalized spacial score (nSPS) is 16.7. The zero-order chi connectivity index (χ0) is 25.0. The van der Waals surface area contributed by atoms with E-state index in [4.69, 9.17) is 19.3 Å². The SMILES string of the molecule is COc1cc2c(cc1-c1ccn(C)n1)-c1c(c(C(O)N(C)CC3(C)COC3)nn1-c1ccsc1)CO2. The fraction of sp³-hybridized carbons (Fsp3) is 0.385. The molecular formula is C26H29N5O4S. The summed E-state index contributed by atoms with van der Waals surface area (Å²) in [5.41, 5.74) is 5.92. The number of benzene rings is 1. The molecule has 2 aliphatic rings. The van der Waals surface area contributed by atoms with Crippen LogP contribution in [0.15, 0.2) is 41.2 Å². The van der Waals surface area contributed by atoms with Crippen molar-refractivity contribution in [3.63, 3.8) is 0 Å². The van der Waals surface area contributed by atoms with Crippen molar-refractivity contribution in [2.45, 2.75) is 19.8 Å². The van der Waals surface area contributed by atoms with Crippen molar-refractivity contribution < 1.29 is 19.3 Å². The Kier molecular flexibility index (Phi) is 5.64. The Labute approximate surface area is 213 Å². The molecule has 6 rings (SSSR count). The van der Waals surface area contributed by atoms with Crippen LogP contribution in [0.25, 0.3) is 28.2 Å². The van der Waals surface area contributed by atoms with Crippen molar-refractivity contribution in [3.05, 3.63) is 52.5 Å². The summed E-state index contributed by atoms with van der Waals surface area (Å²) in [6.07, 6.45) is 1.03. The van der Waals surface area contributed by atoms with E-state index in [-0.39, 0.29) is 5.41 Å². The maximum Gasteiger partial charge on any atom is 0.152 e. The average molecular weight is 508 g/mol. The van der Waals surface area contributed by atoms with Crippen molar-refractivity contribution in [2.75, 3.05) is 33.9 Å². The van der Waals surface area contributed by atoms with Crippen LogP contribution in [0.5, 0.6) is 11.5 Å². The number of hydrogen-bond donors (Lipinski definition) is 1. The van der Waals surface area contributed by atoms with E-state index in [2.05, 4.69) is 17.4 Å². The molecule has 1 atom stereocenters. The van der Waals surface area contributed by atoms with Gasteiger partial charge in [-0.05, 0) is 30.6 Å². The summed E-state index contributed by atoms with van der Waals surface area (Å²) in [4.78, 5) is 1.94. The molecule has 1 fully saturated rings. The van der Waals surface area contributed by atoms with Gasteiger partial charge >= 0.3 is 0 Å². The lowest BCUT2D eigenvalue weighted by atomic mass is 9.88. The number of aryl methyl sites for hydroxylation is 1. The largest absolute Gasteiger partial charge is 0.496 e. The zero-order valence-electron chi connectivity index (χ0n) is 20.8. The van der Waals surface area contributed by atoms with Crippen molar-refractivity contribution in [1.82, 2.24) is 24.5 Å². The first-order chi connectivity index (χ1) is 17.4. The standard InChI is InChI=1S/C26H29N5O4S/c1-26(14-34-15-26)13-29(2)25(32)23-19-11-35-22-10-21(33-4)17(20-5-7-30(3)27-20)9-18(22)24(19)31(28-23)16-6-8-36-12-16/h5-10,12,25,32H,11,13-15H2,1-4H3. The maximum atomic E-state index is 11.4. The van der Waals surface area contributed by atoms with Gasteiger partial charge < -0.3 is 19.3 Å². The first kappa shape index (κ1) is 23.2. The zero-order valence-corrected chi connectivity index (χ0v) is 21.6. The quantitative estimate of drug-likeness (QED) is 0.380. The van der Waals surface area contributed by atoms with E-state index in [0.29, 0.717) is 43.6 Å². The third-order valence-electron chi connectivity index (χ3n) is 6.88. The molecule has 1 saturated heterocycles. The van der Waals surface area contributed by atoms with Gasteiger partial charge in [0.2, 0.25) is 0 Å². The van der Waals surface area contributed by atoms with Crippen LogP contribution >= 0.6 is 11.3 Å². The summed E-state index contributed by atoms with van der Waals surface area (Å²) < 4.78 is 21.0. The molecule has 36 heavy (non-hydrogen) atoms. The Balaban J connectivity index is 1.49. The van der Waals surface area contributed by atoms with Gasteiger partial charge in [-0.1, -0.05) is 6.92 Å². The third-order valence-corrected chi connectivity index (χ3v) is 7.55. The molecule has 1 aromatic carbocycles. The highest BCUT2D eigenvalue weighted by molar-refractivity contribution is 7.08. The van der Waals surface area contributed by atoms with Crippen LogP contribution in [0.4, 0.5) is 0 Å². The Morgan fingerprint density at radius 2 is 2.08 bits per heavy atom. The highest BCUT2D eigenvalue weighted by atomic mass is 32.1. The fourth-order valence-electron chi connectivity index (χ4n) is 5.04. The van der Waals surface area contributed by atoms with Crippen molar-refractivity contribution in [2.24, 2.45) is 12.5 Å². The molecule has 10 heteroatoms. The number of fused-ring (bicyclic) bond motifs is 3. The monoisotopic (exact) mass is 507 g/mol. The van der Waals surface area contributed by atoms with E-state index in [0.717, 1.165) is 33.8 Å². The number of hydrogen-bond acceptors (Lipinski definition) is 8. The van der Waals surface area contributed by atoms with Crippen LogP contribution in [0.1, 0.15) is 24.4 Å². The predicted molar refractivity (Wildman–Crippen MR) is 136 cm³/mol. The smallest absolute Gasteiger partial charge is 0.152 e. The molecule has 188 valence electrons. The second kappa shape index (κ2) is 8.74. The molecule has 1 unspecified atom stereocenters. The molecule has 1 N–H and O–H groups in total. The van der Waals surface area contributed by atoms with Gasteiger partial charge in [0, 0.05) is 53.3 Å². The first-order valence-electron chi connectivity index (χ1n) is 11.8. The molecule has 2 aliphatic heterocycles. The summed E-state index contributed by atoms with van der Waals surface area (Å²) in [5, 5.41) is 25.0. The molecule has 5 heterocycles. The fourth-order valence-corrected chi connectivity index (χ4v) is 5.66. The molecular weight excluding hydrogens is 478 g/mol. The van der Waals surface area contributed by atoms with E-state index in [1.54, 1.807) is 23.1 Å². The molecule has 0 amide bonds. The van der Waals surface area contributed by atoms with Gasteiger partial charge in [0.1, 0.15) is 23.8 Å². The minimum atomic E-state index is -0.880. The number of aliphatic hydroxyl groups excluding tert-OH is 1. The van der Waals surface area contributed by atoms with E-state index in [1.165, 1.54) is 0 Å². The second-order valence-electron chi connectivity index (χ2n) is 9.91. The summed E-state index contributed by atoms with van der Waals surface area (Å²) in [7, 11) is 5.46. The number of nitrogens with zero attached hydrogens (tertiary/aromatic N) is 5. The number of methoxy groups -OCH3 is 1. The minimum Gasteiger partial charge on any atom is -0.496 e. The molecule has 0 radical (unpaired) electrons. The lowest BCUT2D eigenvalue weighted by Gasteiger charge is -2.41. The third kappa shape index (κ3) is 3.81. The van der Waals surface area contributed by atoms with Crippen LogP contribution < -0.4 is 9.47 Å². The lowest BCUT2D eigenvalue weighted by Crippen LogP contribution is -2.48. The molecule has 3 aromatic heterocycles. The van der Waals surface area contributed by atoms with Crippen LogP contribution in [0.3, 0.4) is 0 Å². The van der Waals surface area contributed by atoms with Crippen LogP contribution in [0.2, 0.25) is 0 Å². The molecule has 9 nitrogen and oxygen atoms in total. The van der Waals surface area contributed by atoms with Gasteiger partial charge in [-0.25, -0.2) is 4.68 Å². The van der Waals surface area contributed by atoms with Gasteiger partial charge in [0.05, 0.1) is 37.4 Å². The van der Waals surface area contributed by atoms with Gasteiger partial charge in [-0.15, -0.1) is 0 Å². The van der Waals surface area contributed by atoms with Crippen LogP contribution in [0, 0.1) is 5.41 Å². The Morgan fingerprint density at radius 1 is 1.25 bits per heavy atom. The summed E-state index contributed by atoms with van der Waals surface area (Å²) in [5.74, 6) is 1.40. The molecule has 0 saturated carbocycles. The van der Waals surface area contributed by atoms with E-state index in [9.17, 15) is 5.11 Å². The van der Waals surface area contributed by atoms with Gasteiger partial charge in [-0.2, -0.15) is 21.5 Å². The maximum absolute atomic E-state index is 11.4. The number of thiophene rings is 1. The Morgan fingerprint density at radius 3 is 2.72 bits per heavy atom. The number of ether oxygens (including phenoxy) is 3. The number of aromatic nitrogens is 4. The van der Waals surface area contributed by atoms with Crippen LogP contribution in [-0.2, 0) is 18.4 Å². The Bertz CT molecular complexity index is 1410. The highest BCUT2D eigenvalue weighted by Gasteiger charge is 2.38. The van der Waals surface area contributed by atoms with Gasteiger partial charge in [0.25, 0.3) is 0 Å². The topological polar surface area (TPSA) is 86.8 Å². The Hall–Kier alpha value is -3.18. The van der Waals surface area contributed by atoms with E-state index < -0.39 is 6.23 Å². The number of rotatable bonds is 7. The molecule has 0 bridgehead atoms. The van der Waals surface area contributed by atoms with Gasteiger partial charge in [0.15, 0.2) is 6.23 Å². The summed E-state index contributed by atoms with van der Waals surface area (Å²) in [6, 6.07) is 7.95. The highest BCUT2D eigenvalue weighted by Crippen LogP contribution is 2.46. The van der Waals surface area contributed by atoms with Gasteiger partial charge in [-0.3, -0.25) is 9.58 Å². The molecule has 0 spiro atoms. The molecule has 4 aromatic rings. The first-order valence-corrected chi connectivity index (χ1v) is 12.8. The predicted octanol–water partition coefficient (Wildman–Crippen LogP) is 3.86. The lowest BCUT2D eigenvalue weighted by molar-refractivity contribution is -0.130. The van der Waals surface area contributed by atoms with Crippen LogP contribution in [-0.4, -0.2) is 63.5 Å². The molecule has 0 aliphatic carbocycles. The van der Waals surface area contributed by atoms with Crippen molar-refractivity contribution in [3.8, 4) is 39.7 Å². The average Bonchev–Trinajstić information content (AvgIpc) is 3.61. The second-order valence-corrected chi connectivity index (χ2v) is 10.7.